The van der Waals surface area contributed by atoms with Gasteiger partial charge >= 0.3 is 5.97 Å². The first-order chi connectivity index (χ1) is 8.54. The van der Waals surface area contributed by atoms with Gasteiger partial charge in [0.05, 0.1) is 25.6 Å². The molecule has 0 bridgehead atoms. The van der Waals surface area contributed by atoms with Gasteiger partial charge in [-0.15, -0.1) is 0 Å². The van der Waals surface area contributed by atoms with Gasteiger partial charge < -0.3 is 14.7 Å². The van der Waals surface area contributed by atoms with Crippen LogP contribution in [0.2, 0.25) is 5.02 Å². The summed E-state index contributed by atoms with van der Waals surface area (Å²) >= 11 is 6.04. The molecule has 1 aromatic carbocycles. The highest BCUT2D eigenvalue weighted by molar-refractivity contribution is 6.32. The number of methoxy groups -OCH3 is 1. The van der Waals surface area contributed by atoms with E-state index in [9.17, 15) is 9.59 Å². The summed E-state index contributed by atoms with van der Waals surface area (Å²) in [7, 11) is 1.50. The van der Waals surface area contributed by atoms with Gasteiger partial charge in [-0.1, -0.05) is 11.6 Å². The third-order valence-corrected chi connectivity index (χ3v) is 3.21. The number of rotatable bonds is 4. The Morgan fingerprint density at radius 2 is 2.28 bits per heavy atom. The number of hydrogen-bond acceptors (Lipinski definition) is 3. The van der Waals surface area contributed by atoms with Crippen molar-refractivity contribution in [3.63, 3.8) is 0 Å². The van der Waals surface area contributed by atoms with Crippen LogP contribution in [0.1, 0.15) is 12.0 Å². The monoisotopic (exact) mass is 269 g/mol. The molecule has 0 atom stereocenters. The summed E-state index contributed by atoms with van der Waals surface area (Å²) in [5.41, 5.74) is 1.29. The second-order valence-electron chi connectivity index (χ2n) is 3.94. The molecular weight excluding hydrogens is 258 g/mol. The third-order valence-electron chi connectivity index (χ3n) is 2.86. The molecule has 1 heterocycles. The van der Waals surface area contributed by atoms with Gasteiger partial charge in [-0.25, -0.2) is 0 Å². The predicted molar refractivity (Wildman–Crippen MR) is 66.3 cm³/mol. The van der Waals surface area contributed by atoms with Crippen LogP contribution in [-0.4, -0.2) is 30.6 Å². The zero-order valence-electron chi connectivity index (χ0n) is 9.77. The number of nitrogens with zero attached hydrogens (tertiary/aromatic N) is 1. The van der Waals surface area contributed by atoms with E-state index in [0.29, 0.717) is 22.0 Å². The molecule has 0 saturated heterocycles. The molecule has 0 fully saturated rings. The minimum Gasteiger partial charge on any atom is -0.495 e. The number of carbonyl (C=O) groups is 2. The van der Waals surface area contributed by atoms with E-state index < -0.39 is 5.97 Å². The molecule has 1 aliphatic heterocycles. The number of carbonyl (C=O) groups excluding carboxylic acids is 1. The zero-order chi connectivity index (χ0) is 13.3. The van der Waals surface area contributed by atoms with Crippen molar-refractivity contribution in [1.29, 1.82) is 0 Å². The van der Waals surface area contributed by atoms with Gasteiger partial charge in [0.2, 0.25) is 5.91 Å². The first-order valence-electron chi connectivity index (χ1n) is 5.42. The fourth-order valence-corrected chi connectivity index (χ4v) is 2.25. The van der Waals surface area contributed by atoms with Gasteiger partial charge in [0.15, 0.2) is 0 Å². The Labute approximate surface area is 109 Å². The molecule has 0 radical (unpaired) electrons. The quantitative estimate of drug-likeness (QED) is 0.904. The molecule has 0 unspecified atom stereocenters. The maximum atomic E-state index is 11.9. The van der Waals surface area contributed by atoms with E-state index >= 15 is 0 Å². The van der Waals surface area contributed by atoms with E-state index in [1.165, 1.54) is 12.0 Å². The smallest absolute Gasteiger partial charge is 0.305 e. The average Bonchev–Trinajstić information content (AvgIpc) is 2.65. The second-order valence-corrected chi connectivity index (χ2v) is 4.35. The van der Waals surface area contributed by atoms with Crippen LogP contribution in [0.3, 0.4) is 0 Å². The van der Waals surface area contributed by atoms with Gasteiger partial charge in [0.1, 0.15) is 5.75 Å². The highest BCUT2D eigenvalue weighted by Gasteiger charge is 2.32. The lowest BCUT2D eigenvalue weighted by molar-refractivity contribution is -0.136. The first kappa shape index (κ1) is 12.7. The van der Waals surface area contributed by atoms with Crippen LogP contribution < -0.4 is 9.64 Å². The normalized spacial score (nSPS) is 13.7. The SMILES string of the molecule is COc1ccc(Cl)c2c1N(CCC(=O)O)C(=O)C2. The standard InChI is InChI=1S/C12H12ClNO4/c1-18-9-3-2-8(13)7-6-10(15)14(12(7)9)5-4-11(16)17/h2-3H,4-6H2,1H3,(H,16,17). The number of hydrogen-bond donors (Lipinski definition) is 1. The largest absolute Gasteiger partial charge is 0.495 e. The molecule has 0 aromatic heterocycles. The molecule has 0 saturated carbocycles. The maximum Gasteiger partial charge on any atom is 0.305 e. The number of anilines is 1. The number of amides is 1. The van der Waals surface area contributed by atoms with Crippen molar-refractivity contribution in [2.24, 2.45) is 0 Å². The average molecular weight is 270 g/mol. The van der Waals surface area contributed by atoms with Crippen molar-refractivity contribution >= 4 is 29.2 Å². The Hall–Kier alpha value is -1.75. The van der Waals surface area contributed by atoms with E-state index in [0.717, 1.165) is 0 Å². The summed E-state index contributed by atoms with van der Waals surface area (Å²) in [6.45, 7) is 0.123. The summed E-state index contributed by atoms with van der Waals surface area (Å²) in [5, 5.41) is 9.19. The summed E-state index contributed by atoms with van der Waals surface area (Å²) < 4.78 is 5.20. The fraction of sp³-hybridized carbons (Fsp3) is 0.333. The lowest BCUT2D eigenvalue weighted by atomic mass is 10.1. The molecule has 96 valence electrons. The van der Waals surface area contributed by atoms with Gasteiger partial charge in [-0.05, 0) is 12.1 Å². The lowest BCUT2D eigenvalue weighted by Gasteiger charge is -2.19. The van der Waals surface area contributed by atoms with Crippen LogP contribution in [0.5, 0.6) is 5.75 Å². The minimum atomic E-state index is -0.947. The molecule has 1 aliphatic rings. The molecule has 1 amide bonds. The topological polar surface area (TPSA) is 66.8 Å². The molecule has 0 aliphatic carbocycles. The van der Waals surface area contributed by atoms with Crippen LogP contribution >= 0.6 is 11.6 Å². The summed E-state index contributed by atoms with van der Waals surface area (Å²) in [6, 6.07) is 3.35. The summed E-state index contributed by atoms with van der Waals surface area (Å²) in [5.74, 6) is -0.569. The zero-order valence-corrected chi connectivity index (χ0v) is 10.5. The maximum absolute atomic E-state index is 11.9. The van der Waals surface area contributed by atoms with Crippen molar-refractivity contribution in [1.82, 2.24) is 0 Å². The van der Waals surface area contributed by atoms with Crippen molar-refractivity contribution in [2.45, 2.75) is 12.8 Å². The van der Waals surface area contributed by atoms with Crippen LogP contribution in [0.25, 0.3) is 0 Å². The van der Waals surface area contributed by atoms with E-state index in [4.69, 9.17) is 21.4 Å². The Kier molecular flexibility index (Phi) is 3.43. The molecule has 1 aromatic rings. The summed E-state index contributed by atoms with van der Waals surface area (Å²) in [4.78, 5) is 23.9. The van der Waals surface area contributed by atoms with Crippen molar-refractivity contribution in [3.8, 4) is 5.75 Å². The minimum absolute atomic E-state index is 0.110. The molecule has 0 spiro atoms. The second kappa shape index (κ2) is 4.86. The lowest BCUT2D eigenvalue weighted by Crippen LogP contribution is -2.29. The van der Waals surface area contributed by atoms with Gasteiger partial charge in [0, 0.05) is 17.1 Å². The number of benzene rings is 1. The molecule has 6 heteroatoms. The van der Waals surface area contributed by atoms with Crippen molar-refractivity contribution in [3.05, 3.63) is 22.7 Å². The van der Waals surface area contributed by atoms with Gasteiger partial charge in [-0.2, -0.15) is 0 Å². The number of aliphatic carboxylic acids is 1. The van der Waals surface area contributed by atoms with E-state index in [-0.39, 0.29) is 25.3 Å². The number of carboxylic acids is 1. The number of carboxylic acid groups (broad SMARTS) is 1. The van der Waals surface area contributed by atoms with Crippen molar-refractivity contribution in [2.75, 3.05) is 18.6 Å². The predicted octanol–water partition coefficient (Wildman–Crippen LogP) is 1.71. The van der Waals surface area contributed by atoms with E-state index in [2.05, 4.69) is 0 Å². The Morgan fingerprint density at radius 3 is 2.89 bits per heavy atom. The fourth-order valence-electron chi connectivity index (χ4n) is 2.03. The molecule has 2 rings (SSSR count). The van der Waals surface area contributed by atoms with Crippen LogP contribution in [0, 0.1) is 0 Å². The molecular formula is C12H12ClNO4. The molecule has 18 heavy (non-hydrogen) atoms. The molecule has 5 nitrogen and oxygen atoms in total. The summed E-state index contributed by atoms with van der Waals surface area (Å²) in [6.07, 6.45) is 0.0752. The van der Waals surface area contributed by atoms with E-state index in [1.807, 2.05) is 0 Å². The Bertz CT molecular complexity index is 515. The highest BCUT2D eigenvalue weighted by atomic mass is 35.5. The van der Waals surface area contributed by atoms with Crippen LogP contribution in [0.15, 0.2) is 12.1 Å². The van der Waals surface area contributed by atoms with Crippen molar-refractivity contribution < 1.29 is 19.4 Å². The van der Waals surface area contributed by atoms with E-state index in [1.54, 1.807) is 12.1 Å². The number of ether oxygens (including phenoxy) is 1. The Morgan fingerprint density at radius 1 is 1.56 bits per heavy atom. The van der Waals surface area contributed by atoms with Gasteiger partial charge in [-0.3, -0.25) is 9.59 Å². The number of halogens is 1. The van der Waals surface area contributed by atoms with Crippen LogP contribution in [-0.2, 0) is 16.0 Å². The first-order valence-corrected chi connectivity index (χ1v) is 5.80. The highest BCUT2D eigenvalue weighted by Crippen LogP contribution is 2.41. The van der Waals surface area contributed by atoms with Gasteiger partial charge in [0.25, 0.3) is 0 Å². The molecule has 1 N–H and O–H groups in total. The number of fused-ring (bicyclic) bond motifs is 1. The third kappa shape index (κ3) is 2.13. The Balaban J connectivity index is 2.39. The van der Waals surface area contributed by atoms with Crippen LogP contribution in [0.4, 0.5) is 5.69 Å².